The number of alkyl halides is 2. The van der Waals surface area contributed by atoms with Crippen LogP contribution in [0.3, 0.4) is 0 Å². The van der Waals surface area contributed by atoms with Crippen LogP contribution < -0.4 is 5.73 Å². The van der Waals surface area contributed by atoms with Crippen molar-refractivity contribution in [3.8, 4) is 0 Å². The Bertz CT molecular complexity index is 133. The fourth-order valence-electron chi connectivity index (χ4n) is 0.952. The van der Waals surface area contributed by atoms with Crippen molar-refractivity contribution >= 4 is 23.2 Å². The number of halogens is 2. The summed E-state index contributed by atoms with van der Waals surface area (Å²) >= 11 is 11.6. The van der Waals surface area contributed by atoms with Crippen LogP contribution in [0.4, 0.5) is 0 Å². The van der Waals surface area contributed by atoms with E-state index in [0.29, 0.717) is 0 Å². The Balaban J connectivity index is 2.56. The summed E-state index contributed by atoms with van der Waals surface area (Å²) in [5.74, 6) is 0. The van der Waals surface area contributed by atoms with Crippen LogP contribution in [0.1, 0.15) is 12.8 Å². The van der Waals surface area contributed by atoms with Gasteiger partial charge in [-0.3, -0.25) is 0 Å². The summed E-state index contributed by atoms with van der Waals surface area (Å²) in [4.78, 5) is 0. The molecule has 0 amide bonds. The summed E-state index contributed by atoms with van der Waals surface area (Å²) in [6, 6.07) is 0. The second kappa shape index (κ2) is 2.80. The predicted octanol–water partition coefficient (Wildman–Crippen LogP) is 1.84. The van der Waals surface area contributed by atoms with Gasteiger partial charge in [0.25, 0.3) is 0 Å². The fraction of sp³-hybridized carbons (Fsp3) is 0.667. The molecular formula is C6H9Cl2N. The predicted molar refractivity (Wildman–Crippen MR) is 40.8 cm³/mol. The summed E-state index contributed by atoms with van der Waals surface area (Å²) in [5.41, 5.74) is 6.33. The lowest BCUT2D eigenvalue weighted by molar-refractivity contribution is 0.710. The molecule has 0 aliphatic heterocycles. The summed E-state index contributed by atoms with van der Waals surface area (Å²) in [6.07, 6.45) is 3.48. The minimum Gasteiger partial charge on any atom is -0.402 e. The van der Waals surface area contributed by atoms with Gasteiger partial charge in [-0.05, 0) is 12.5 Å². The first-order valence-corrected chi connectivity index (χ1v) is 3.80. The van der Waals surface area contributed by atoms with Crippen molar-refractivity contribution in [3.63, 3.8) is 0 Å². The Morgan fingerprint density at radius 3 is 2.67 bits per heavy atom. The molecule has 0 aromatic carbocycles. The third-order valence-electron chi connectivity index (χ3n) is 1.33. The highest BCUT2D eigenvalue weighted by molar-refractivity contribution is 6.24. The largest absolute Gasteiger partial charge is 0.402 e. The Morgan fingerprint density at radius 1 is 1.56 bits per heavy atom. The maximum absolute atomic E-state index is 5.80. The molecule has 9 heavy (non-hydrogen) atoms. The highest BCUT2D eigenvalue weighted by Crippen LogP contribution is 2.23. The zero-order valence-corrected chi connectivity index (χ0v) is 6.49. The number of nitrogens with two attached hydrogens (primary N) is 1. The molecule has 1 nitrogen and oxygen atoms in total. The van der Waals surface area contributed by atoms with Gasteiger partial charge in [-0.25, -0.2) is 0 Å². The van der Waals surface area contributed by atoms with Crippen LogP contribution in [0.25, 0.3) is 0 Å². The van der Waals surface area contributed by atoms with Crippen LogP contribution in [-0.4, -0.2) is 10.8 Å². The van der Waals surface area contributed by atoms with Crippen LogP contribution in [0.5, 0.6) is 0 Å². The number of allylic oxidation sites excluding steroid dienone is 2. The van der Waals surface area contributed by atoms with E-state index in [1.54, 1.807) is 0 Å². The Morgan fingerprint density at radius 2 is 2.22 bits per heavy atom. The van der Waals surface area contributed by atoms with E-state index in [4.69, 9.17) is 28.9 Å². The minimum absolute atomic E-state index is 0.0428. The van der Waals surface area contributed by atoms with Crippen LogP contribution in [0, 0.1) is 0 Å². The molecule has 0 bridgehead atoms. The zero-order valence-electron chi connectivity index (χ0n) is 4.98. The molecule has 2 atom stereocenters. The number of hydrogen-bond acceptors (Lipinski definition) is 1. The van der Waals surface area contributed by atoms with Crippen molar-refractivity contribution in [2.75, 3.05) is 0 Å². The normalized spacial score (nSPS) is 36.0. The van der Waals surface area contributed by atoms with Crippen molar-refractivity contribution in [2.24, 2.45) is 5.73 Å². The molecule has 0 aromatic rings. The van der Waals surface area contributed by atoms with E-state index >= 15 is 0 Å². The molecule has 1 aliphatic carbocycles. The van der Waals surface area contributed by atoms with Gasteiger partial charge in [0, 0.05) is 17.5 Å². The van der Waals surface area contributed by atoms with E-state index in [-0.39, 0.29) is 10.8 Å². The fourth-order valence-corrected chi connectivity index (χ4v) is 1.79. The minimum atomic E-state index is 0.0428. The molecule has 52 valence electrons. The van der Waals surface area contributed by atoms with E-state index in [1.807, 2.05) is 6.08 Å². The van der Waals surface area contributed by atoms with Gasteiger partial charge in [0.05, 0.1) is 5.38 Å². The third kappa shape index (κ3) is 2.07. The van der Waals surface area contributed by atoms with Gasteiger partial charge in [0.15, 0.2) is 0 Å². The molecule has 3 heteroatoms. The summed E-state index contributed by atoms with van der Waals surface area (Å²) in [7, 11) is 0. The second-order valence-electron chi connectivity index (χ2n) is 2.29. The average molecular weight is 166 g/mol. The monoisotopic (exact) mass is 165 g/mol. The molecule has 2 N–H and O–H groups in total. The van der Waals surface area contributed by atoms with Crippen molar-refractivity contribution in [2.45, 2.75) is 23.6 Å². The molecule has 0 radical (unpaired) electrons. The Kier molecular flexibility index (Phi) is 2.25. The van der Waals surface area contributed by atoms with E-state index < -0.39 is 0 Å². The average Bonchev–Trinajstić information content (AvgIpc) is 1.59. The van der Waals surface area contributed by atoms with E-state index in [2.05, 4.69) is 0 Å². The lowest BCUT2D eigenvalue weighted by Gasteiger charge is -2.17. The van der Waals surface area contributed by atoms with E-state index in [0.717, 1.165) is 18.5 Å². The second-order valence-corrected chi connectivity index (χ2v) is 3.47. The quantitative estimate of drug-likeness (QED) is 0.546. The lowest BCUT2D eigenvalue weighted by atomic mass is 10.0. The van der Waals surface area contributed by atoms with Gasteiger partial charge in [-0.15, -0.1) is 23.2 Å². The third-order valence-corrected chi connectivity index (χ3v) is 1.97. The van der Waals surface area contributed by atoms with Gasteiger partial charge >= 0.3 is 0 Å². The molecule has 0 saturated carbocycles. The Hall–Kier alpha value is 0.120. The first-order valence-electron chi connectivity index (χ1n) is 2.93. The van der Waals surface area contributed by atoms with Gasteiger partial charge < -0.3 is 5.73 Å². The maximum Gasteiger partial charge on any atom is 0.0549 e. The number of hydrogen-bond donors (Lipinski definition) is 1. The molecule has 0 saturated heterocycles. The molecule has 0 spiro atoms. The van der Waals surface area contributed by atoms with Crippen molar-refractivity contribution in [1.82, 2.24) is 0 Å². The van der Waals surface area contributed by atoms with Crippen molar-refractivity contribution < 1.29 is 0 Å². The number of rotatable bonds is 0. The molecule has 0 fully saturated rings. The van der Waals surface area contributed by atoms with Crippen LogP contribution in [0.15, 0.2) is 11.8 Å². The summed E-state index contributed by atoms with van der Waals surface area (Å²) < 4.78 is 0. The van der Waals surface area contributed by atoms with Crippen LogP contribution in [0.2, 0.25) is 0 Å². The zero-order chi connectivity index (χ0) is 6.85. The molecule has 1 aliphatic rings. The molecule has 0 aromatic heterocycles. The first kappa shape index (κ1) is 7.23. The highest BCUT2D eigenvalue weighted by Gasteiger charge is 2.16. The summed E-state index contributed by atoms with van der Waals surface area (Å²) in [6.45, 7) is 0. The smallest absolute Gasteiger partial charge is 0.0549 e. The standard InChI is InChI=1S/C6H9Cl2N/c7-4-1-5(8)3-6(9)2-4/h2,4-5H,1,3,9H2/t4-,5+/m1/s1. The highest BCUT2D eigenvalue weighted by atomic mass is 35.5. The van der Waals surface area contributed by atoms with Gasteiger partial charge in [-0.1, -0.05) is 0 Å². The van der Waals surface area contributed by atoms with Crippen molar-refractivity contribution in [1.29, 1.82) is 0 Å². The maximum atomic E-state index is 5.80. The van der Waals surface area contributed by atoms with Crippen LogP contribution in [-0.2, 0) is 0 Å². The Labute approximate surface area is 64.8 Å². The van der Waals surface area contributed by atoms with Gasteiger partial charge in [-0.2, -0.15) is 0 Å². The summed E-state index contributed by atoms with van der Waals surface area (Å²) in [5, 5.41) is 0.179. The lowest BCUT2D eigenvalue weighted by Crippen LogP contribution is -2.18. The van der Waals surface area contributed by atoms with Crippen molar-refractivity contribution in [3.05, 3.63) is 11.8 Å². The van der Waals surface area contributed by atoms with E-state index in [1.165, 1.54) is 0 Å². The van der Waals surface area contributed by atoms with Crippen LogP contribution >= 0.6 is 23.2 Å². The first-order chi connectivity index (χ1) is 4.18. The van der Waals surface area contributed by atoms with E-state index in [9.17, 15) is 0 Å². The topological polar surface area (TPSA) is 26.0 Å². The molecular weight excluding hydrogens is 157 g/mol. The molecule has 0 unspecified atom stereocenters. The molecule has 1 rings (SSSR count). The molecule has 0 heterocycles. The SMILES string of the molecule is NC1=C[C@H](Cl)C[C@H](Cl)C1. The van der Waals surface area contributed by atoms with Gasteiger partial charge in [0.1, 0.15) is 0 Å². The van der Waals surface area contributed by atoms with Gasteiger partial charge in [0.2, 0.25) is 0 Å².